The fraction of sp³-hybridized carbons (Fsp3) is 0.0588. The number of nitrogens with zero attached hydrogens (tertiary/aromatic N) is 3. The van der Waals surface area contributed by atoms with Crippen LogP contribution in [-0.4, -0.2) is 22.0 Å². The topological polar surface area (TPSA) is 105 Å². The van der Waals surface area contributed by atoms with Gasteiger partial charge in [0, 0.05) is 17.7 Å². The van der Waals surface area contributed by atoms with Gasteiger partial charge in [-0.3, -0.25) is 10.1 Å². The van der Waals surface area contributed by atoms with Gasteiger partial charge in [0.05, 0.1) is 28.6 Å². The Bertz CT molecular complexity index is 965. The average molecular weight is 320 g/mol. The second kappa shape index (κ2) is 6.22. The zero-order valence-electron chi connectivity index (χ0n) is 12.7. The molecule has 0 aliphatic rings. The summed E-state index contributed by atoms with van der Waals surface area (Å²) < 4.78 is 5.21. The lowest BCUT2D eigenvalue weighted by molar-refractivity contribution is -0.384. The summed E-state index contributed by atoms with van der Waals surface area (Å²) in [7, 11) is 1.46. The Kier molecular flexibility index (Phi) is 3.95. The molecule has 0 saturated carbocycles. The first-order valence-electron chi connectivity index (χ1n) is 7.01. The number of para-hydroxylation sites is 2. The molecule has 0 aliphatic heterocycles. The van der Waals surface area contributed by atoms with Crippen LogP contribution in [0.5, 0.6) is 5.75 Å². The molecule has 7 heteroatoms. The van der Waals surface area contributed by atoms with Crippen LogP contribution < -0.4 is 4.74 Å². The van der Waals surface area contributed by atoms with Gasteiger partial charge in [-0.1, -0.05) is 12.1 Å². The van der Waals surface area contributed by atoms with Crippen LogP contribution in [-0.2, 0) is 0 Å². The van der Waals surface area contributed by atoms with Crippen molar-refractivity contribution in [3.63, 3.8) is 0 Å². The van der Waals surface area contributed by atoms with Crippen molar-refractivity contribution in [1.29, 1.82) is 5.26 Å². The first-order chi connectivity index (χ1) is 11.6. The normalized spacial score (nSPS) is 11.2. The van der Waals surface area contributed by atoms with E-state index in [9.17, 15) is 15.4 Å². The highest BCUT2D eigenvalue weighted by atomic mass is 16.6. The minimum atomic E-state index is -0.496. The predicted molar refractivity (Wildman–Crippen MR) is 89.2 cm³/mol. The molecule has 1 heterocycles. The number of methoxy groups -OCH3 is 1. The number of aromatic amines is 1. The van der Waals surface area contributed by atoms with Gasteiger partial charge in [0.25, 0.3) is 5.69 Å². The molecule has 0 aliphatic carbocycles. The number of nitriles is 1. The van der Waals surface area contributed by atoms with E-state index < -0.39 is 4.92 Å². The number of ether oxygens (including phenoxy) is 1. The summed E-state index contributed by atoms with van der Waals surface area (Å²) in [5, 5.41) is 20.4. The second-order valence-corrected chi connectivity index (χ2v) is 4.96. The molecule has 0 bridgehead atoms. The number of allylic oxidation sites excluding steroid dienone is 1. The Labute approximate surface area is 137 Å². The molecule has 3 rings (SSSR count). The molecule has 0 unspecified atom stereocenters. The predicted octanol–water partition coefficient (Wildman–Crippen LogP) is 3.54. The van der Waals surface area contributed by atoms with Crippen molar-refractivity contribution in [3.8, 4) is 11.8 Å². The van der Waals surface area contributed by atoms with Gasteiger partial charge in [0.15, 0.2) is 0 Å². The molecule has 0 fully saturated rings. The van der Waals surface area contributed by atoms with E-state index in [1.54, 1.807) is 0 Å². The van der Waals surface area contributed by atoms with Gasteiger partial charge in [-0.25, -0.2) is 4.98 Å². The van der Waals surface area contributed by atoms with E-state index in [-0.39, 0.29) is 11.3 Å². The summed E-state index contributed by atoms with van der Waals surface area (Å²) in [5.41, 5.74) is 2.15. The van der Waals surface area contributed by atoms with Crippen LogP contribution in [0.4, 0.5) is 5.69 Å². The van der Waals surface area contributed by atoms with Crippen molar-refractivity contribution < 1.29 is 9.66 Å². The van der Waals surface area contributed by atoms with Gasteiger partial charge < -0.3 is 9.72 Å². The maximum absolute atomic E-state index is 11.0. The van der Waals surface area contributed by atoms with E-state index in [0.717, 1.165) is 11.0 Å². The highest BCUT2D eigenvalue weighted by molar-refractivity contribution is 5.91. The molecule has 1 aromatic heterocycles. The molecule has 118 valence electrons. The van der Waals surface area contributed by atoms with E-state index in [1.165, 1.54) is 31.4 Å². The number of aromatic nitrogens is 2. The maximum Gasteiger partial charge on any atom is 0.270 e. The van der Waals surface area contributed by atoms with Gasteiger partial charge in [-0.05, 0) is 24.3 Å². The van der Waals surface area contributed by atoms with Gasteiger partial charge in [0.2, 0.25) is 0 Å². The van der Waals surface area contributed by atoms with Crippen molar-refractivity contribution in [2.24, 2.45) is 0 Å². The van der Waals surface area contributed by atoms with Crippen molar-refractivity contribution >= 4 is 28.4 Å². The third-order valence-electron chi connectivity index (χ3n) is 3.49. The molecule has 0 amide bonds. The molecule has 0 radical (unpaired) electrons. The van der Waals surface area contributed by atoms with Gasteiger partial charge in [0.1, 0.15) is 17.6 Å². The Hall–Kier alpha value is -3.66. The third kappa shape index (κ3) is 2.80. The zero-order chi connectivity index (χ0) is 17.1. The number of fused-ring (bicyclic) bond motifs is 1. The van der Waals surface area contributed by atoms with Crippen LogP contribution in [0, 0.1) is 21.4 Å². The van der Waals surface area contributed by atoms with Crippen LogP contribution in [0.25, 0.3) is 22.7 Å². The summed E-state index contributed by atoms with van der Waals surface area (Å²) in [6.45, 7) is 0. The molecule has 0 spiro atoms. The summed E-state index contributed by atoms with van der Waals surface area (Å²) >= 11 is 0. The van der Waals surface area contributed by atoms with Crippen molar-refractivity contribution in [2.45, 2.75) is 0 Å². The maximum atomic E-state index is 11.0. The summed E-state index contributed by atoms with van der Waals surface area (Å²) in [5.74, 6) is 0.830. The highest BCUT2D eigenvalue weighted by Gasteiger charge is 2.13. The summed E-state index contributed by atoms with van der Waals surface area (Å²) in [6, 6.07) is 13.7. The SMILES string of the molecule is COc1ccc([N+](=O)[O-])cc1/C=C(\C#N)c1nc2ccccc2[nH]1. The molecular weight excluding hydrogens is 308 g/mol. The molecule has 7 nitrogen and oxygen atoms in total. The van der Waals surface area contributed by atoms with E-state index in [4.69, 9.17) is 4.74 Å². The molecule has 0 atom stereocenters. The highest BCUT2D eigenvalue weighted by Crippen LogP contribution is 2.28. The minimum absolute atomic E-state index is 0.0797. The minimum Gasteiger partial charge on any atom is -0.496 e. The Balaban J connectivity index is 2.12. The third-order valence-corrected chi connectivity index (χ3v) is 3.49. The Morgan fingerprint density at radius 1 is 1.38 bits per heavy atom. The van der Waals surface area contributed by atoms with E-state index in [0.29, 0.717) is 17.1 Å². The zero-order valence-corrected chi connectivity index (χ0v) is 12.7. The number of hydrogen-bond donors (Lipinski definition) is 1. The number of rotatable bonds is 4. The molecular formula is C17H12N4O3. The summed E-state index contributed by atoms with van der Waals surface area (Å²) in [4.78, 5) is 17.9. The van der Waals surface area contributed by atoms with E-state index in [2.05, 4.69) is 16.0 Å². The van der Waals surface area contributed by atoms with Crippen molar-refractivity contribution in [2.75, 3.05) is 7.11 Å². The lowest BCUT2D eigenvalue weighted by Gasteiger charge is -2.04. The number of H-pyrrole nitrogens is 1. The lowest BCUT2D eigenvalue weighted by atomic mass is 10.1. The molecule has 1 N–H and O–H groups in total. The smallest absolute Gasteiger partial charge is 0.270 e. The molecule has 0 saturated heterocycles. The molecule has 2 aromatic carbocycles. The van der Waals surface area contributed by atoms with E-state index in [1.807, 2.05) is 24.3 Å². The molecule has 24 heavy (non-hydrogen) atoms. The fourth-order valence-corrected chi connectivity index (χ4v) is 2.34. The van der Waals surface area contributed by atoms with Gasteiger partial charge in [-0.15, -0.1) is 0 Å². The Morgan fingerprint density at radius 2 is 2.17 bits per heavy atom. The number of benzene rings is 2. The first-order valence-corrected chi connectivity index (χ1v) is 7.01. The number of nitro groups is 1. The molecule has 3 aromatic rings. The Morgan fingerprint density at radius 3 is 2.83 bits per heavy atom. The number of non-ortho nitro benzene ring substituents is 1. The van der Waals surface area contributed by atoms with Crippen molar-refractivity contribution in [1.82, 2.24) is 9.97 Å². The largest absolute Gasteiger partial charge is 0.496 e. The second-order valence-electron chi connectivity index (χ2n) is 4.96. The van der Waals surface area contributed by atoms with E-state index >= 15 is 0 Å². The standard InChI is InChI=1S/C17H12N4O3/c1-24-16-7-6-13(21(22)23)9-11(16)8-12(10-18)17-19-14-4-2-3-5-15(14)20-17/h2-9H,1H3,(H,19,20)/b12-8+. The van der Waals surface area contributed by atoms with Gasteiger partial charge >= 0.3 is 0 Å². The number of hydrogen-bond acceptors (Lipinski definition) is 5. The number of nitro benzene ring substituents is 1. The number of imidazole rings is 1. The van der Waals surface area contributed by atoms with Crippen LogP contribution in [0.15, 0.2) is 42.5 Å². The van der Waals surface area contributed by atoms with Gasteiger partial charge in [-0.2, -0.15) is 5.26 Å². The average Bonchev–Trinajstić information content (AvgIpc) is 3.03. The monoisotopic (exact) mass is 320 g/mol. The lowest BCUT2D eigenvalue weighted by Crippen LogP contribution is -1.93. The summed E-state index contributed by atoms with van der Waals surface area (Å²) in [6.07, 6.45) is 1.52. The van der Waals surface area contributed by atoms with Crippen LogP contribution in [0.3, 0.4) is 0 Å². The fourth-order valence-electron chi connectivity index (χ4n) is 2.34. The first kappa shape index (κ1) is 15.2. The quantitative estimate of drug-likeness (QED) is 0.449. The van der Waals surface area contributed by atoms with Crippen LogP contribution in [0.1, 0.15) is 11.4 Å². The van der Waals surface area contributed by atoms with Crippen LogP contribution >= 0.6 is 0 Å². The van der Waals surface area contributed by atoms with Crippen molar-refractivity contribution in [3.05, 3.63) is 64.0 Å². The number of nitrogens with one attached hydrogen (secondary N) is 1. The van der Waals surface area contributed by atoms with Crippen LogP contribution in [0.2, 0.25) is 0 Å².